The maximum absolute atomic E-state index is 13.2. The van der Waals surface area contributed by atoms with Crippen molar-refractivity contribution in [3.63, 3.8) is 0 Å². The van der Waals surface area contributed by atoms with E-state index in [2.05, 4.69) is 17.6 Å². The zero-order valence-electron chi connectivity index (χ0n) is 42.5. The molecule has 72 heavy (non-hydrogen) atoms. The lowest BCUT2D eigenvalue weighted by Crippen LogP contribution is -2.71. The molecule has 26 nitrogen and oxygen atoms in total. The lowest BCUT2D eigenvalue weighted by molar-refractivity contribution is -0.368. The molecule has 3 aliphatic heterocycles. The third kappa shape index (κ3) is 19.8. The minimum atomic E-state index is -1.84. The van der Waals surface area contributed by atoms with Crippen LogP contribution in [0.1, 0.15) is 115 Å². The summed E-state index contributed by atoms with van der Waals surface area (Å²) in [6, 6.07) is -3.22. The van der Waals surface area contributed by atoms with Gasteiger partial charge in [0.25, 0.3) is 0 Å². The third-order valence-corrected chi connectivity index (χ3v) is 10.8. The van der Waals surface area contributed by atoms with E-state index in [0.29, 0.717) is 6.42 Å². The molecule has 3 saturated heterocycles. The van der Waals surface area contributed by atoms with Crippen LogP contribution in [0.3, 0.4) is 0 Å². The lowest BCUT2D eigenvalue weighted by Gasteiger charge is -2.51. The fraction of sp³-hybridized carbons (Fsp3) is 0.783. The Bertz CT molecular complexity index is 1880. The summed E-state index contributed by atoms with van der Waals surface area (Å²) in [4.78, 5) is 126. The second kappa shape index (κ2) is 29.8. The van der Waals surface area contributed by atoms with Crippen LogP contribution in [-0.4, -0.2) is 178 Å². The molecule has 0 radical (unpaired) electrons. The van der Waals surface area contributed by atoms with Crippen LogP contribution in [-0.2, 0) is 114 Å². The fourth-order valence-electron chi connectivity index (χ4n) is 8.19. The molecule has 0 unspecified atom stereocenters. The SMILES string of the molecule is CCCCCCCCO[C@H]1O[C@H](COC(C)=O)[C@@H](OC(C)=O)[C@H](OC(C)=O)[C@@H]1O[C@@H]1O[C@H](COC(C)=O)[C@@H](O[C@@H]2O[C@H](COC(C)=O)[C@H](OC(C)=O)[C@H](OC(C)=O)[C@H]2NC(C)=O)[C@H](OC(C)=O)[C@H]1NC(C)=O. The molecule has 0 aromatic rings. The number of esters is 8. The Morgan fingerprint density at radius 3 is 1.11 bits per heavy atom. The zero-order chi connectivity index (χ0) is 53.8. The van der Waals surface area contributed by atoms with Crippen molar-refractivity contribution in [3.05, 3.63) is 0 Å². The van der Waals surface area contributed by atoms with Gasteiger partial charge in [0, 0.05) is 75.8 Å². The molecular weight excluding hydrogens is 964 g/mol. The molecule has 3 aliphatic rings. The average Bonchev–Trinajstić information content (AvgIpc) is 3.25. The minimum Gasteiger partial charge on any atom is -0.463 e. The molecule has 2 amide bonds. The number of hydrogen-bond donors (Lipinski definition) is 2. The Balaban J connectivity index is 2.28. The maximum atomic E-state index is 13.2. The van der Waals surface area contributed by atoms with E-state index >= 15 is 0 Å². The molecule has 26 heteroatoms. The van der Waals surface area contributed by atoms with Gasteiger partial charge in [0.2, 0.25) is 11.8 Å². The van der Waals surface area contributed by atoms with E-state index in [1.54, 1.807) is 0 Å². The van der Waals surface area contributed by atoms with Crippen molar-refractivity contribution in [2.75, 3.05) is 26.4 Å². The molecule has 0 bridgehead atoms. The molecular formula is C46H70N2O24. The number of rotatable bonds is 25. The van der Waals surface area contributed by atoms with Gasteiger partial charge in [-0.05, 0) is 6.42 Å². The second-order valence-corrected chi connectivity index (χ2v) is 17.2. The first-order valence-electron chi connectivity index (χ1n) is 23.6. The monoisotopic (exact) mass is 1030 g/mol. The highest BCUT2D eigenvalue weighted by Gasteiger charge is 2.59. The predicted molar refractivity (Wildman–Crippen MR) is 238 cm³/mol. The van der Waals surface area contributed by atoms with Crippen LogP contribution in [0.2, 0.25) is 0 Å². The number of nitrogens with one attached hydrogen (secondary N) is 2. The van der Waals surface area contributed by atoms with Crippen molar-refractivity contribution < 1.29 is 114 Å². The van der Waals surface area contributed by atoms with E-state index in [0.717, 1.165) is 101 Å². The first-order valence-corrected chi connectivity index (χ1v) is 23.6. The van der Waals surface area contributed by atoms with E-state index in [-0.39, 0.29) is 6.61 Å². The smallest absolute Gasteiger partial charge is 0.303 e. The van der Waals surface area contributed by atoms with Crippen molar-refractivity contribution in [1.29, 1.82) is 0 Å². The van der Waals surface area contributed by atoms with Gasteiger partial charge in [-0.2, -0.15) is 0 Å². The van der Waals surface area contributed by atoms with Crippen molar-refractivity contribution in [1.82, 2.24) is 10.6 Å². The maximum Gasteiger partial charge on any atom is 0.303 e. The predicted octanol–water partition coefficient (Wildman–Crippen LogP) is 0.666. The Hall–Kier alpha value is -5.54. The van der Waals surface area contributed by atoms with Gasteiger partial charge < -0.3 is 76.9 Å². The fourth-order valence-corrected chi connectivity index (χ4v) is 8.19. The van der Waals surface area contributed by atoms with E-state index in [9.17, 15) is 47.9 Å². The third-order valence-electron chi connectivity index (χ3n) is 10.8. The molecule has 0 saturated carbocycles. The molecule has 3 rings (SSSR count). The van der Waals surface area contributed by atoms with Crippen LogP contribution in [0.4, 0.5) is 0 Å². The highest BCUT2D eigenvalue weighted by atomic mass is 16.8. The van der Waals surface area contributed by atoms with E-state index < -0.39 is 171 Å². The highest BCUT2D eigenvalue weighted by Crippen LogP contribution is 2.37. The summed E-state index contributed by atoms with van der Waals surface area (Å²) in [5, 5.41) is 5.19. The van der Waals surface area contributed by atoms with Crippen molar-refractivity contribution in [2.45, 2.75) is 207 Å². The summed E-state index contributed by atoms with van der Waals surface area (Å²) in [5.74, 6) is -8.39. The summed E-state index contributed by atoms with van der Waals surface area (Å²) in [5.41, 5.74) is 0. The number of carbonyl (C=O) groups is 10. The Morgan fingerprint density at radius 1 is 0.375 bits per heavy atom. The van der Waals surface area contributed by atoms with Crippen LogP contribution in [0.15, 0.2) is 0 Å². The summed E-state index contributed by atoms with van der Waals surface area (Å²) < 4.78 is 82.7. The van der Waals surface area contributed by atoms with Crippen molar-refractivity contribution >= 4 is 59.6 Å². The van der Waals surface area contributed by atoms with Gasteiger partial charge in [0.05, 0.1) is 0 Å². The Labute approximate surface area is 416 Å². The molecule has 0 aromatic heterocycles. The van der Waals surface area contributed by atoms with Crippen molar-refractivity contribution in [3.8, 4) is 0 Å². The van der Waals surface area contributed by atoms with E-state index in [4.69, 9.17) is 66.3 Å². The van der Waals surface area contributed by atoms with Gasteiger partial charge in [-0.3, -0.25) is 47.9 Å². The van der Waals surface area contributed by atoms with Crippen LogP contribution in [0.25, 0.3) is 0 Å². The number of ether oxygens (including phenoxy) is 14. The summed E-state index contributed by atoms with van der Waals surface area (Å²) in [7, 11) is 0. The van der Waals surface area contributed by atoms with Gasteiger partial charge in [0.15, 0.2) is 55.5 Å². The van der Waals surface area contributed by atoms with Gasteiger partial charge in [-0.25, -0.2) is 0 Å². The molecule has 3 fully saturated rings. The molecule has 3 heterocycles. The number of amides is 2. The molecule has 0 aromatic carbocycles. The van der Waals surface area contributed by atoms with Crippen LogP contribution in [0.5, 0.6) is 0 Å². The molecule has 2 N–H and O–H groups in total. The largest absolute Gasteiger partial charge is 0.463 e. The Kier molecular flexibility index (Phi) is 25.2. The summed E-state index contributed by atoms with van der Waals surface area (Å²) >= 11 is 0. The van der Waals surface area contributed by atoms with Gasteiger partial charge in [-0.15, -0.1) is 0 Å². The van der Waals surface area contributed by atoms with E-state index in [1.165, 1.54) is 0 Å². The summed E-state index contributed by atoms with van der Waals surface area (Å²) in [6.45, 7) is 11.0. The number of hydrogen-bond acceptors (Lipinski definition) is 24. The standard InChI is InChI=1S/C46H70N2O24/c1-12-13-14-15-16-17-18-59-46-43(42(67-31(11)58)39(64-28(8)55)34(70-46)21-62-26(6)53)72-45-36(48-23(3)50)41(66-30(10)57)38(33(69-45)20-61-25(5)52)71-44-35(47-22(2)49)40(65-29(9)56)37(63-27(7)54)32(68-44)19-60-24(4)51/h32-46H,12-21H2,1-11H3,(H,47,49)(H,48,50)/t32-,33-,34-,35-,36-,37+,38-,39-,40-,41-,42+,43+,44+,45+,46+/m1/s1. The van der Waals surface area contributed by atoms with Gasteiger partial charge in [-0.1, -0.05) is 39.0 Å². The quantitative estimate of drug-likeness (QED) is 0.0721. The number of unbranched alkanes of at least 4 members (excludes halogenated alkanes) is 5. The van der Waals surface area contributed by atoms with Crippen molar-refractivity contribution in [2.24, 2.45) is 0 Å². The first-order chi connectivity index (χ1) is 33.9. The van der Waals surface area contributed by atoms with Gasteiger partial charge >= 0.3 is 47.8 Å². The topological polar surface area (TPSA) is 324 Å². The minimum absolute atomic E-state index is 0.0472. The van der Waals surface area contributed by atoms with Gasteiger partial charge in [0.1, 0.15) is 56.3 Å². The molecule has 15 atom stereocenters. The number of carbonyl (C=O) groups excluding carboxylic acids is 10. The second-order valence-electron chi connectivity index (χ2n) is 17.2. The van der Waals surface area contributed by atoms with Crippen LogP contribution < -0.4 is 10.6 Å². The highest BCUT2D eigenvalue weighted by molar-refractivity contribution is 5.74. The molecule has 0 spiro atoms. The zero-order valence-corrected chi connectivity index (χ0v) is 42.5. The normalized spacial score (nSPS) is 30.0. The molecule has 408 valence electrons. The lowest BCUT2D eigenvalue weighted by atomic mass is 9.93. The summed E-state index contributed by atoms with van der Waals surface area (Å²) in [6.07, 6.45) is -15.9. The van der Waals surface area contributed by atoms with Crippen LogP contribution >= 0.6 is 0 Å². The molecule has 0 aliphatic carbocycles. The average molecular weight is 1040 g/mol. The van der Waals surface area contributed by atoms with E-state index in [1.807, 2.05) is 0 Å². The first kappa shape index (κ1) is 60.8. The Morgan fingerprint density at radius 2 is 0.708 bits per heavy atom. The van der Waals surface area contributed by atoms with Crippen LogP contribution in [0, 0.1) is 0 Å².